The van der Waals surface area contributed by atoms with Gasteiger partial charge in [0.15, 0.2) is 9.84 Å². The molecule has 7 nitrogen and oxygen atoms in total. The highest BCUT2D eigenvalue weighted by atomic mass is 32.2. The molecule has 1 aliphatic heterocycles. The lowest BCUT2D eigenvalue weighted by Crippen LogP contribution is -2.44. The van der Waals surface area contributed by atoms with E-state index in [2.05, 4.69) is 10.3 Å². The molecule has 0 saturated carbocycles. The monoisotopic (exact) mass is 363 g/mol. The molecule has 1 aliphatic rings. The maximum absolute atomic E-state index is 12.6. The van der Waals surface area contributed by atoms with Crippen LogP contribution in [-0.2, 0) is 14.6 Å². The summed E-state index contributed by atoms with van der Waals surface area (Å²) in [6, 6.07) is 9.46. The standard InChI is InChI=1S/C17H21N3O4S/c1-18-16(21)11-25(23,24)13-6-8-20(9-7-13)17(22)15-10-12-4-2-3-5-14(12)19-15/h2-5,10,13,19H,6-9,11H2,1H3,(H,18,21). The Morgan fingerprint density at radius 1 is 1.24 bits per heavy atom. The van der Waals surface area contributed by atoms with Crippen molar-refractivity contribution in [1.29, 1.82) is 0 Å². The number of H-pyrrole nitrogens is 1. The molecule has 1 saturated heterocycles. The second-order valence-electron chi connectivity index (χ2n) is 6.24. The quantitative estimate of drug-likeness (QED) is 0.844. The molecule has 0 unspecified atom stereocenters. The number of hydrogen-bond acceptors (Lipinski definition) is 4. The number of hydrogen-bond donors (Lipinski definition) is 2. The minimum absolute atomic E-state index is 0.127. The molecule has 1 fully saturated rings. The van der Waals surface area contributed by atoms with Crippen LogP contribution in [0.4, 0.5) is 0 Å². The second-order valence-corrected chi connectivity index (χ2v) is 8.52. The molecule has 0 spiro atoms. The van der Waals surface area contributed by atoms with Crippen LogP contribution in [-0.4, -0.2) is 61.3 Å². The van der Waals surface area contributed by atoms with Crippen molar-refractivity contribution in [3.63, 3.8) is 0 Å². The number of nitrogens with zero attached hydrogens (tertiary/aromatic N) is 1. The molecule has 0 radical (unpaired) electrons. The number of sulfone groups is 1. The van der Waals surface area contributed by atoms with Gasteiger partial charge in [-0.2, -0.15) is 0 Å². The highest BCUT2D eigenvalue weighted by Gasteiger charge is 2.33. The SMILES string of the molecule is CNC(=O)CS(=O)(=O)C1CCN(C(=O)c2cc3ccccc3[nH]2)CC1. The van der Waals surface area contributed by atoms with E-state index in [0.717, 1.165) is 10.9 Å². The van der Waals surface area contributed by atoms with Crippen LogP contribution in [0.15, 0.2) is 30.3 Å². The van der Waals surface area contributed by atoms with Crippen LogP contribution in [0.2, 0.25) is 0 Å². The van der Waals surface area contributed by atoms with Crippen molar-refractivity contribution in [1.82, 2.24) is 15.2 Å². The molecule has 1 aromatic carbocycles. The first-order valence-electron chi connectivity index (χ1n) is 8.20. The van der Waals surface area contributed by atoms with Crippen molar-refractivity contribution in [2.24, 2.45) is 0 Å². The molecule has 2 N–H and O–H groups in total. The summed E-state index contributed by atoms with van der Waals surface area (Å²) in [7, 11) is -2.07. The van der Waals surface area contributed by atoms with Gasteiger partial charge in [0.05, 0.1) is 5.25 Å². The van der Waals surface area contributed by atoms with Crippen molar-refractivity contribution in [2.45, 2.75) is 18.1 Å². The normalized spacial score (nSPS) is 16.1. The highest BCUT2D eigenvalue weighted by Crippen LogP contribution is 2.22. The molecule has 8 heteroatoms. The van der Waals surface area contributed by atoms with E-state index in [0.29, 0.717) is 31.6 Å². The van der Waals surface area contributed by atoms with Crippen LogP contribution in [0.1, 0.15) is 23.3 Å². The minimum Gasteiger partial charge on any atom is -0.358 e. The Morgan fingerprint density at radius 2 is 1.92 bits per heavy atom. The number of amides is 2. The first kappa shape index (κ1) is 17.5. The number of fused-ring (bicyclic) bond motifs is 1. The molecule has 2 heterocycles. The zero-order valence-electron chi connectivity index (χ0n) is 14.0. The Hall–Kier alpha value is -2.35. The summed E-state index contributed by atoms with van der Waals surface area (Å²) in [5, 5.41) is 2.73. The fourth-order valence-electron chi connectivity index (χ4n) is 3.15. The average Bonchev–Trinajstić information content (AvgIpc) is 3.05. The summed E-state index contributed by atoms with van der Waals surface area (Å²) in [5.74, 6) is -1.13. The minimum atomic E-state index is -3.49. The first-order valence-corrected chi connectivity index (χ1v) is 9.91. The fourth-order valence-corrected chi connectivity index (χ4v) is 4.82. The van der Waals surface area contributed by atoms with Gasteiger partial charge in [0.25, 0.3) is 5.91 Å². The predicted octanol–water partition coefficient (Wildman–Crippen LogP) is 0.933. The van der Waals surface area contributed by atoms with Gasteiger partial charge in [-0.25, -0.2) is 8.42 Å². The van der Waals surface area contributed by atoms with Gasteiger partial charge in [0.2, 0.25) is 5.91 Å². The van der Waals surface area contributed by atoms with E-state index in [-0.39, 0.29) is 5.91 Å². The van der Waals surface area contributed by atoms with E-state index in [1.54, 1.807) is 4.90 Å². The Kier molecular flexibility index (Phi) is 4.80. The summed E-state index contributed by atoms with van der Waals surface area (Å²) in [6.07, 6.45) is 0.705. The van der Waals surface area contributed by atoms with Crippen LogP contribution < -0.4 is 5.32 Å². The molecule has 2 amide bonds. The number of likely N-dealkylation sites (tertiary alicyclic amines) is 1. The lowest BCUT2D eigenvalue weighted by atomic mass is 10.1. The Balaban J connectivity index is 1.65. The van der Waals surface area contributed by atoms with E-state index >= 15 is 0 Å². The zero-order chi connectivity index (χ0) is 18.0. The number of rotatable bonds is 4. The van der Waals surface area contributed by atoms with Gasteiger partial charge in [0.1, 0.15) is 11.4 Å². The molecule has 0 aliphatic carbocycles. The smallest absolute Gasteiger partial charge is 0.270 e. The molecule has 25 heavy (non-hydrogen) atoms. The summed E-state index contributed by atoms with van der Waals surface area (Å²) in [6.45, 7) is 0.734. The largest absolute Gasteiger partial charge is 0.358 e. The summed E-state index contributed by atoms with van der Waals surface area (Å²) < 4.78 is 24.5. The van der Waals surface area contributed by atoms with Crippen LogP contribution in [0.5, 0.6) is 0 Å². The average molecular weight is 363 g/mol. The summed E-state index contributed by atoms with van der Waals surface area (Å²) >= 11 is 0. The third kappa shape index (κ3) is 3.68. The number of carbonyl (C=O) groups is 2. The second kappa shape index (κ2) is 6.87. The summed E-state index contributed by atoms with van der Waals surface area (Å²) in [5.41, 5.74) is 1.40. The summed E-state index contributed by atoms with van der Waals surface area (Å²) in [4.78, 5) is 28.8. The van der Waals surface area contributed by atoms with Crippen molar-refractivity contribution in [2.75, 3.05) is 25.9 Å². The number of piperidine rings is 1. The maximum Gasteiger partial charge on any atom is 0.270 e. The molecule has 134 valence electrons. The van der Waals surface area contributed by atoms with Crippen LogP contribution in [0.3, 0.4) is 0 Å². The van der Waals surface area contributed by atoms with Gasteiger partial charge >= 0.3 is 0 Å². The Bertz CT molecular complexity index is 863. The molecule has 1 aromatic heterocycles. The fraction of sp³-hybridized carbons (Fsp3) is 0.412. The molecule has 2 aromatic rings. The first-order chi connectivity index (χ1) is 11.9. The lowest BCUT2D eigenvalue weighted by Gasteiger charge is -2.31. The molecular weight excluding hydrogens is 342 g/mol. The molecular formula is C17H21N3O4S. The number of aromatic nitrogens is 1. The van der Waals surface area contributed by atoms with E-state index in [1.807, 2.05) is 30.3 Å². The predicted molar refractivity (Wildman–Crippen MR) is 95.1 cm³/mol. The van der Waals surface area contributed by atoms with Gasteiger partial charge in [0, 0.05) is 31.0 Å². The van der Waals surface area contributed by atoms with E-state index in [4.69, 9.17) is 0 Å². The zero-order valence-corrected chi connectivity index (χ0v) is 14.8. The van der Waals surface area contributed by atoms with E-state index in [1.165, 1.54) is 7.05 Å². The third-order valence-corrected chi connectivity index (χ3v) is 6.76. The van der Waals surface area contributed by atoms with Crippen molar-refractivity contribution in [3.8, 4) is 0 Å². The third-order valence-electron chi connectivity index (χ3n) is 4.61. The maximum atomic E-state index is 12.6. The van der Waals surface area contributed by atoms with E-state index in [9.17, 15) is 18.0 Å². The van der Waals surface area contributed by atoms with Gasteiger partial charge < -0.3 is 15.2 Å². The van der Waals surface area contributed by atoms with Crippen molar-refractivity contribution in [3.05, 3.63) is 36.0 Å². The van der Waals surface area contributed by atoms with Gasteiger partial charge in [-0.15, -0.1) is 0 Å². The van der Waals surface area contributed by atoms with Crippen molar-refractivity contribution < 1.29 is 18.0 Å². The number of carbonyl (C=O) groups excluding carboxylic acids is 2. The molecule has 3 rings (SSSR count). The lowest BCUT2D eigenvalue weighted by molar-refractivity contribution is -0.118. The molecule has 0 atom stereocenters. The van der Waals surface area contributed by atoms with Gasteiger partial charge in [-0.1, -0.05) is 18.2 Å². The molecule has 0 bridgehead atoms. The number of aromatic amines is 1. The Morgan fingerprint density at radius 3 is 2.56 bits per heavy atom. The van der Waals surface area contributed by atoms with Gasteiger partial charge in [-0.3, -0.25) is 9.59 Å². The highest BCUT2D eigenvalue weighted by molar-refractivity contribution is 7.92. The van der Waals surface area contributed by atoms with Crippen LogP contribution >= 0.6 is 0 Å². The van der Waals surface area contributed by atoms with Gasteiger partial charge in [-0.05, 0) is 25.0 Å². The van der Waals surface area contributed by atoms with E-state index < -0.39 is 26.7 Å². The topological polar surface area (TPSA) is 99.3 Å². The van der Waals surface area contributed by atoms with Crippen LogP contribution in [0, 0.1) is 0 Å². The number of nitrogens with one attached hydrogen (secondary N) is 2. The van der Waals surface area contributed by atoms with Crippen molar-refractivity contribution >= 4 is 32.6 Å². The Labute approximate surface area is 146 Å². The number of benzene rings is 1. The number of para-hydroxylation sites is 1. The van der Waals surface area contributed by atoms with Crippen LogP contribution in [0.25, 0.3) is 10.9 Å².